The van der Waals surface area contributed by atoms with Crippen molar-refractivity contribution < 1.29 is 14.3 Å². The van der Waals surface area contributed by atoms with Gasteiger partial charge in [-0.1, -0.05) is 0 Å². The Kier molecular flexibility index (Phi) is 3.19. The van der Waals surface area contributed by atoms with Crippen LogP contribution >= 0.6 is 0 Å². The van der Waals surface area contributed by atoms with Crippen LogP contribution in [0.3, 0.4) is 0 Å². The molecule has 0 spiro atoms. The van der Waals surface area contributed by atoms with E-state index in [1.54, 1.807) is 0 Å². The van der Waals surface area contributed by atoms with Crippen LogP contribution in [0.25, 0.3) is 0 Å². The molecule has 0 amide bonds. The van der Waals surface area contributed by atoms with Crippen LogP contribution in [0, 0.1) is 0 Å². The molecule has 0 aliphatic carbocycles. The summed E-state index contributed by atoms with van der Waals surface area (Å²) in [4.78, 5) is 21.6. The van der Waals surface area contributed by atoms with E-state index >= 15 is 0 Å². The number of hydrogen-bond donors (Lipinski definition) is 2. The molecule has 5 heteroatoms. The number of nitrogens with two attached hydrogens (primary N) is 1. The zero-order chi connectivity index (χ0) is 8.97. The summed E-state index contributed by atoms with van der Waals surface area (Å²) >= 11 is 0. The van der Waals surface area contributed by atoms with Gasteiger partial charge in [-0.15, -0.1) is 0 Å². The van der Waals surface area contributed by atoms with Crippen LogP contribution in [0.4, 0.5) is 0 Å². The van der Waals surface area contributed by atoms with E-state index in [4.69, 9.17) is 5.73 Å². The van der Waals surface area contributed by atoms with Gasteiger partial charge in [-0.3, -0.25) is 4.79 Å². The highest BCUT2D eigenvalue weighted by atomic mass is 16.6. The van der Waals surface area contributed by atoms with Crippen molar-refractivity contribution in [2.75, 3.05) is 13.1 Å². The van der Waals surface area contributed by atoms with Crippen molar-refractivity contribution in [2.24, 2.45) is 5.73 Å². The first-order chi connectivity index (χ1) is 5.74. The molecule has 3 N–H and O–H groups in total. The maximum absolute atomic E-state index is 11.1. The second-order valence-electron chi connectivity index (χ2n) is 2.65. The average molecular weight is 172 g/mol. The molecule has 68 valence electrons. The molecular formula is C7H12N2O3. The average Bonchev–Trinajstić information content (AvgIpc) is 2.56. The minimum Gasteiger partial charge on any atom is -0.391 e. The molecule has 12 heavy (non-hydrogen) atoms. The predicted octanol–water partition coefficient (Wildman–Crippen LogP) is -1.23. The number of esters is 2. The number of hydrogen-bond acceptors (Lipinski definition) is 5. The molecule has 1 aliphatic heterocycles. The van der Waals surface area contributed by atoms with Gasteiger partial charge in [0.1, 0.15) is 6.04 Å². The number of ether oxygens (including phenoxy) is 1. The lowest BCUT2D eigenvalue weighted by molar-refractivity contribution is -0.159. The maximum atomic E-state index is 11.1. The summed E-state index contributed by atoms with van der Waals surface area (Å²) in [7, 11) is 0. The molecule has 1 aliphatic rings. The van der Waals surface area contributed by atoms with E-state index < -0.39 is 11.9 Å². The molecule has 5 nitrogen and oxygen atoms in total. The summed E-state index contributed by atoms with van der Waals surface area (Å²) in [5.74, 6) is -1.18. The Labute approximate surface area is 70.2 Å². The quantitative estimate of drug-likeness (QED) is 0.402. The second kappa shape index (κ2) is 4.18. The fourth-order valence-corrected chi connectivity index (χ4v) is 1.11. The highest BCUT2D eigenvalue weighted by molar-refractivity contribution is 5.89. The van der Waals surface area contributed by atoms with E-state index in [9.17, 15) is 9.59 Å². The third-order valence-corrected chi connectivity index (χ3v) is 1.73. The Morgan fingerprint density at radius 3 is 2.83 bits per heavy atom. The van der Waals surface area contributed by atoms with Crippen LogP contribution in [0.5, 0.6) is 0 Å². The second-order valence-corrected chi connectivity index (χ2v) is 2.65. The van der Waals surface area contributed by atoms with Crippen molar-refractivity contribution in [3.63, 3.8) is 0 Å². The first-order valence-corrected chi connectivity index (χ1v) is 3.92. The molecule has 0 unspecified atom stereocenters. The molecule has 1 fully saturated rings. The minimum absolute atomic E-state index is 0.252. The van der Waals surface area contributed by atoms with Gasteiger partial charge in [0, 0.05) is 0 Å². The van der Waals surface area contributed by atoms with E-state index in [-0.39, 0.29) is 12.6 Å². The zero-order valence-electron chi connectivity index (χ0n) is 6.71. The SMILES string of the molecule is NCC(=O)OC(=O)[C@@H]1CCCN1. The van der Waals surface area contributed by atoms with Gasteiger partial charge in [0.05, 0.1) is 6.54 Å². The Morgan fingerprint density at radius 1 is 1.58 bits per heavy atom. The number of carbonyl (C=O) groups is 2. The molecule has 0 aromatic rings. The molecule has 1 rings (SSSR count). The smallest absolute Gasteiger partial charge is 0.330 e. The van der Waals surface area contributed by atoms with Gasteiger partial charge in [-0.05, 0) is 19.4 Å². The summed E-state index contributed by atoms with van der Waals surface area (Å²) in [6.45, 7) is 0.551. The Balaban J connectivity index is 2.32. The van der Waals surface area contributed by atoms with E-state index in [1.165, 1.54) is 0 Å². The molecule has 0 saturated carbocycles. The fourth-order valence-electron chi connectivity index (χ4n) is 1.11. The number of carbonyl (C=O) groups excluding carboxylic acids is 2. The standard InChI is InChI=1S/C7H12N2O3/c8-4-6(10)12-7(11)5-2-1-3-9-5/h5,9H,1-4,8H2/t5-/m0/s1. The summed E-state index contributed by atoms with van der Waals surface area (Å²) in [6, 6.07) is -0.319. The Morgan fingerprint density at radius 2 is 2.33 bits per heavy atom. The molecular weight excluding hydrogens is 160 g/mol. The maximum Gasteiger partial charge on any atom is 0.330 e. The van der Waals surface area contributed by atoms with Crippen molar-refractivity contribution in [3.05, 3.63) is 0 Å². The van der Waals surface area contributed by atoms with E-state index in [0.717, 1.165) is 19.4 Å². The molecule has 1 atom stereocenters. The van der Waals surface area contributed by atoms with Crippen LogP contribution in [-0.4, -0.2) is 31.1 Å². The van der Waals surface area contributed by atoms with E-state index in [2.05, 4.69) is 10.1 Å². The molecule has 1 saturated heterocycles. The first-order valence-electron chi connectivity index (χ1n) is 3.92. The van der Waals surface area contributed by atoms with Crippen LogP contribution in [0.2, 0.25) is 0 Å². The normalized spacial score (nSPS) is 22.2. The zero-order valence-corrected chi connectivity index (χ0v) is 6.71. The lowest BCUT2D eigenvalue weighted by Gasteiger charge is -2.07. The Bertz CT molecular complexity index is 187. The van der Waals surface area contributed by atoms with Gasteiger partial charge in [0.15, 0.2) is 0 Å². The van der Waals surface area contributed by atoms with Crippen molar-refractivity contribution in [1.82, 2.24) is 5.32 Å². The number of nitrogens with one attached hydrogen (secondary N) is 1. The fraction of sp³-hybridized carbons (Fsp3) is 0.714. The third-order valence-electron chi connectivity index (χ3n) is 1.73. The lowest BCUT2D eigenvalue weighted by Crippen LogP contribution is -2.35. The lowest BCUT2D eigenvalue weighted by atomic mass is 10.2. The van der Waals surface area contributed by atoms with Gasteiger partial charge < -0.3 is 15.8 Å². The van der Waals surface area contributed by atoms with Crippen LogP contribution in [-0.2, 0) is 14.3 Å². The third kappa shape index (κ3) is 2.28. The molecule has 0 aromatic heterocycles. The summed E-state index contributed by atoms with van der Waals surface area (Å²) < 4.78 is 4.42. The van der Waals surface area contributed by atoms with Crippen molar-refractivity contribution >= 4 is 11.9 Å². The van der Waals surface area contributed by atoms with Crippen molar-refractivity contribution in [1.29, 1.82) is 0 Å². The van der Waals surface area contributed by atoms with Gasteiger partial charge in [-0.2, -0.15) is 0 Å². The van der Waals surface area contributed by atoms with Crippen molar-refractivity contribution in [3.8, 4) is 0 Å². The molecule has 0 bridgehead atoms. The van der Waals surface area contributed by atoms with Gasteiger partial charge >= 0.3 is 11.9 Å². The first kappa shape index (κ1) is 9.15. The highest BCUT2D eigenvalue weighted by Crippen LogP contribution is 2.06. The Hall–Kier alpha value is -0.940. The monoisotopic (exact) mass is 172 g/mol. The van der Waals surface area contributed by atoms with E-state index in [0.29, 0.717) is 0 Å². The van der Waals surface area contributed by atoms with Crippen LogP contribution in [0.15, 0.2) is 0 Å². The van der Waals surface area contributed by atoms with Gasteiger partial charge in [0.25, 0.3) is 0 Å². The van der Waals surface area contributed by atoms with Crippen LogP contribution < -0.4 is 11.1 Å². The molecule has 0 aromatic carbocycles. The van der Waals surface area contributed by atoms with E-state index in [1.807, 2.05) is 0 Å². The van der Waals surface area contributed by atoms with Gasteiger partial charge in [-0.25, -0.2) is 4.79 Å². The largest absolute Gasteiger partial charge is 0.391 e. The summed E-state index contributed by atoms with van der Waals surface area (Å²) in [6.07, 6.45) is 1.67. The molecule has 0 radical (unpaired) electrons. The highest BCUT2D eigenvalue weighted by Gasteiger charge is 2.24. The van der Waals surface area contributed by atoms with Crippen molar-refractivity contribution in [2.45, 2.75) is 18.9 Å². The summed E-state index contributed by atoms with van der Waals surface area (Å²) in [5, 5.41) is 2.92. The van der Waals surface area contributed by atoms with Crippen LogP contribution in [0.1, 0.15) is 12.8 Å². The predicted molar refractivity (Wildman–Crippen MR) is 41.2 cm³/mol. The topological polar surface area (TPSA) is 81.4 Å². The summed E-state index contributed by atoms with van der Waals surface area (Å²) in [5.41, 5.74) is 4.97. The molecule has 1 heterocycles. The minimum atomic E-state index is -0.672. The number of rotatable bonds is 2. The van der Waals surface area contributed by atoms with Gasteiger partial charge in [0.2, 0.25) is 0 Å².